The number of fused-ring (bicyclic) bond motifs is 1. The molecule has 4 aromatic rings. The Morgan fingerprint density at radius 1 is 0.692 bits per heavy atom. The number of carbonyl (C=O) groups excluding carboxylic acids is 2. The van der Waals surface area contributed by atoms with Crippen LogP contribution >= 0.6 is 0 Å². The van der Waals surface area contributed by atoms with Crippen LogP contribution in [0.1, 0.15) is 18.1 Å². The molecule has 7 nitrogen and oxygen atoms in total. The van der Waals surface area contributed by atoms with Gasteiger partial charge in [0.1, 0.15) is 6.04 Å². The molecule has 3 unspecified atom stereocenters. The summed E-state index contributed by atoms with van der Waals surface area (Å²) in [6.45, 7) is 2.83. The highest BCUT2D eigenvalue weighted by Gasteiger charge is 2.56. The lowest BCUT2D eigenvalue weighted by atomic mass is 10.1. The minimum Gasteiger partial charge on any atom is -0.480 e. The maximum absolute atomic E-state index is 13.3. The maximum atomic E-state index is 13.3. The number of carboxylic acid groups (broad SMARTS) is 1. The van der Waals surface area contributed by atoms with Gasteiger partial charge in [-0.25, -0.2) is 9.59 Å². The first kappa shape index (κ1) is 26.0. The molecule has 198 valence electrons. The van der Waals surface area contributed by atoms with E-state index in [9.17, 15) is 19.5 Å². The Balaban J connectivity index is 0.000000257. The van der Waals surface area contributed by atoms with Crippen LogP contribution in [0, 0.1) is 0 Å². The summed E-state index contributed by atoms with van der Waals surface area (Å²) in [5.74, 6) is -1.47. The van der Waals surface area contributed by atoms with E-state index in [1.165, 1.54) is 20.6 Å². The fourth-order valence-electron chi connectivity index (χ4n) is 5.02. The molecule has 39 heavy (non-hydrogen) atoms. The van der Waals surface area contributed by atoms with Crippen LogP contribution in [0.2, 0.25) is 0 Å². The Morgan fingerprint density at radius 3 is 1.46 bits per heavy atom. The number of urea groups is 1. The maximum Gasteiger partial charge on any atom is 0.329 e. The molecule has 0 aliphatic carbocycles. The summed E-state index contributed by atoms with van der Waals surface area (Å²) >= 11 is 0. The van der Waals surface area contributed by atoms with E-state index in [0.717, 1.165) is 11.1 Å². The van der Waals surface area contributed by atoms with Gasteiger partial charge < -0.3 is 19.8 Å². The number of hydrogen-bond donors (Lipinski definition) is 1. The minimum atomic E-state index is -1.23. The molecule has 2 aliphatic rings. The molecule has 7 heteroatoms. The fourth-order valence-corrected chi connectivity index (χ4v) is 5.02. The SMILES string of the molecule is CC1CN1C(=O)C1C(C(=O)O)N(Cc2ccccc2)C(=O)N1Cc1ccccc1.c1ccc2ccccc2c1. The Labute approximate surface area is 227 Å². The second-order valence-corrected chi connectivity index (χ2v) is 9.92. The van der Waals surface area contributed by atoms with Crippen molar-refractivity contribution in [1.82, 2.24) is 14.7 Å². The standard InChI is InChI=1S/C22H23N3O4.C10H8/c1-15-12-23(15)20(26)18-19(21(27)28)25(14-17-10-6-3-7-11-17)22(29)24(18)13-16-8-4-2-5-9-16;1-2-6-10-8-4-3-7-9(10)5-1/h2-11,15,18-19H,12-14H2,1H3,(H,27,28);1-8H. The molecule has 3 amide bonds. The van der Waals surface area contributed by atoms with Crippen LogP contribution in [-0.4, -0.2) is 62.4 Å². The van der Waals surface area contributed by atoms with E-state index in [2.05, 4.69) is 48.5 Å². The van der Waals surface area contributed by atoms with E-state index in [1.54, 1.807) is 4.90 Å². The van der Waals surface area contributed by atoms with Crippen LogP contribution in [0.25, 0.3) is 10.8 Å². The third kappa shape index (κ3) is 5.77. The first-order valence-electron chi connectivity index (χ1n) is 13.1. The van der Waals surface area contributed by atoms with Gasteiger partial charge in [-0.2, -0.15) is 0 Å². The molecule has 0 saturated carbocycles. The Bertz CT molecular complexity index is 1390. The Kier molecular flexibility index (Phi) is 7.59. The topological polar surface area (TPSA) is 80.9 Å². The van der Waals surface area contributed by atoms with E-state index in [0.29, 0.717) is 6.54 Å². The van der Waals surface area contributed by atoms with E-state index < -0.39 is 24.1 Å². The van der Waals surface area contributed by atoms with Gasteiger partial charge in [0.15, 0.2) is 6.04 Å². The van der Waals surface area contributed by atoms with Gasteiger partial charge in [-0.15, -0.1) is 0 Å². The normalized spacial score (nSPS) is 20.0. The summed E-state index contributed by atoms with van der Waals surface area (Å²) in [5, 5.41) is 12.6. The molecule has 3 atom stereocenters. The van der Waals surface area contributed by atoms with Gasteiger partial charge in [-0.1, -0.05) is 109 Å². The third-order valence-corrected chi connectivity index (χ3v) is 7.16. The van der Waals surface area contributed by atoms with Crippen molar-refractivity contribution in [1.29, 1.82) is 0 Å². The van der Waals surface area contributed by atoms with Crippen molar-refractivity contribution in [2.24, 2.45) is 0 Å². The quantitative estimate of drug-likeness (QED) is 0.362. The predicted octanol–water partition coefficient (Wildman–Crippen LogP) is 5.02. The molecule has 0 radical (unpaired) electrons. The lowest BCUT2D eigenvalue weighted by Crippen LogP contribution is -2.50. The van der Waals surface area contributed by atoms with Gasteiger partial charge in [0, 0.05) is 25.7 Å². The second kappa shape index (κ2) is 11.4. The molecule has 0 aromatic heterocycles. The van der Waals surface area contributed by atoms with Crippen molar-refractivity contribution in [3.05, 3.63) is 120 Å². The molecule has 2 aliphatic heterocycles. The van der Waals surface area contributed by atoms with Crippen LogP contribution in [-0.2, 0) is 22.7 Å². The first-order valence-corrected chi connectivity index (χ1v) is 13.1. The molecular weight excluding hydrogens is 490 g/mol. The molecule has 2 fully saturated rings. The minimum absolute atomic E-state index is 0.0776. The zero-order chi connectivity index (χ0) is 27.4. The van der Waals surface area contributed by atoms with E-state index in [1.807, 2.05) is 67.6 Å². The van der Waals surface area contributed by atoms with Crippen LogP contribution in [0.15, 0.2) is 109 Å². The number of amides is 3. The van der Waals surface area contributed by atoms with Gasteiger partial charge in [0.05, 0.1) is 0 Å². The summed E-state index contributed by atoms with van der Waals surface area (Å²) in [6, 6.07) is 32.6. The molecule has 0 bridgehead atoms. The first-order chi connectivity index (χ1) is 18.9. The van der Waals surface area contributed by atoms with Crippen LogP contribution in [0.3, 0.4) is 0 Å². The van der Waals surface area contributed by atoms with Crippen molar-refractivity contribution in [3.63, 3.8) is 0 Å². The predicted molar refractivity (Wildman–Crippen MR) is 150 cm³/mol. The molecule has 2 saturated heterocycles. The van der Waals surface area contributed by atoms with Gasteiger partial charge >= 0.3 is 12.0 Å². The largest absolute Gasteiger partial charge is 0.480 e. The van der Waals surface area contributed by atoms with Crippen molar-refractivity contribution in [3.8, 4) is 0 Å². The summed E-state index contributed by atoms with van der Waals surface area (Å²) < 4.78 is 0. The zero-order valence-corrected chi connectivity index (χ0v) is 21.8. The highest BCUT2D eigenvalue weighted by atomic mass is 16.4. The molecule has 6 rings (SSSR count). The molecule has 1 N–H and O–H groups in total. The number of hydrogen-bond acceptors (Lipinski definition) is 3. The molecular formula is C32H31N3O4. The average Bonchev–Trinajstić information content (AvgIpc) is 3.64. The lowest BCUT2D eigenvalue weighted by molar-refractivity contribution is -0.146. The number of rotatable bonds is 6. The van der Waals surface area contributed by atoms with E-state index >= 15 is 0 Å². The van der Waals surface area contributed by atoms with Gasteiger partial charge in [0.25, 0.3) is 0 Å². The van der Waals surface area contributed by atoms with Gasteiger partial charge in [-0.05, 0) is 28.8 Å². The molecule has 0 spiro atoms. The number of aliphatic carboxylic acids is 1. The zero-order valence-electron chi connectivity index (χ0n) is 21.8. The van der Waals surface area contributed by atoms with Crippen LogP contribution in [0.5, 0.6) is 0 Å². The summed E-state index contributed by atoms with van der Waals surface area (Å²) in [4.78, 5) is 42.9. The monoisotopic (exact) mass is 521 g/mol. The second-order valence-electron chi connectivity index (χ2n) is 9.92. The van der Waals surface area contributed by atoms with Crippen LogP contribution in [0.4, 0.5) is 4.79 Å². The van der Waals surface area contributed by atoms with Crippen molar-refractivity contribution in [2.75, 3.05) is 6.54 Å². The van der Waals surface area contributed by atoms with Crippen molar-refractivity contribution in [2.45, 2.75) is 38.1 Å². The van der Waals surface area contributed by atoms with Crippen molar-refractivity contribution >= 4 is 28.7 Å². The van der Waals surface area contributed by atoms with Gasteiger partial charge in [-0.3, -0.25) is 4.79 Å². The average molecular weight is 522 g/mol. The van der Waals surface area contributed by atoms with Crippen molar-refractivity contribution < 1.29 is 19.5 Å². The highest BCUT2D eigenvalue weighted by Crippen LogP contribution is 2.31. The number of carboxylic acids is 1. The summed E-state index contributed by atoms with van der Waals surface area (Å²) in [5.41, 5.74) is 1.67. The summed E-state index contributed by atoms with van der Waals surface area (Å²) in [6.07, 6.45) is 0. The number of carbonyl (C=O) groups is 3. The van der Waals surface area contributed by atoms with Crippen LogP contribution < -0.4 is 0 Å². The molecule has 4 aromatic carbocycles. The Morgan fingerprint density at radius 2 is 1.08 bits per heavy atom. The number of benzene rings is 4. The lowest BCUT2D eigenvalue weighted by Gasteiger charge is -2.24. The number of nitrogens with zero attached hydrogens (tertiary/aromatic N) is 3. The Hall–Kier alpha value is -4.65. The van der Waals surface area contributed by atoms with E-state index in [-0.39, 0.29) is 25.0 Å². The highest BCUT2D eigenvalue weighted by molar-refractivity contribution is 5.99. The van der Waals surface area contributed by atoms with Gasteiger partial charge in [0.2, 0.25) is 5.91 Å². The third-order valence-electron chi connectivity index (χ3n) is 7.16. The van der Waals surface area contributed by atoms with E-state index in [4.69, 9.17) is 0 Å². The smallest absolute Gasteiger partial charge is 0.329 e. The fraction of sp³-hybridized carbons (Fsp3) is 0.219. The molecule has 2 heterocycles. The summed E-state index contributed by atoms with van der Waals surface area (Å²) in [7, 11) is 0.